The Kier molecular flexibility index (Phi) is 4.59. The maximum absolute atomic E-state index is 13.3. The summed E-state index contributed by atoms with van der Waals surface area (Å²) in [5.41, 5.74) is 0.548. The van der Waals surface area contributed by atoms with Crippen LogP contribution < -0.4 is 9.64 Å². The number of methoxy groups -OCH3 is 1. The van der Waals surface area contributed by atoms with Gasteiger partial charge in [-0.2, -0.15) is 4.39 Å². The zero-order valence-corrected chi connectivity index (χ0v) is 13.6. The molecular weight excluding hydrogens is 311 g/mol. The molecule has 0 aromatic carbocycles. The summed E-state index contributed by atoms with van der Waals surface area (Å²) in [5, 5.41) is 0. The summed E-state index contributed by atoms with van der Waals surface area (Å²) in [5.74, 6) is 0.452. The first-order chi connectivity index (χ1) is 11.6. The molecular formula is C17H19FN4O2. The van der Waals surface area contributed by atoms with Gasteiger partial charge < -0.3 is 14.5 Å². The molecule has 2 aromatic heterocycles. The second-order valence-corrected chi connectivity index (χ2v) is 5.70. The van der Waals surface area contributed by atoms with Gasteiger partial charge in [-0.05, 0) is 25.1 Å². The highest BCUT2D eigenvalue weighted by molar-refractivity contribution is 5.94. The summed E-state index contributed by atoms with van der Waals surface area (Å²) in [6, 6.07) is 8.10. The lowest BCUT2D eigenvalue weighted by atomic mass is 10.1. The van der Waals surface area contributed by atoms with E-state index in [4.69, 9.17) is 4.74 Å². The zero-order valence-electron chi connectivity index (χ0n) is 13.6. The van der Waals surface area contributed by atoms with Crippen LogP contribution in [0.3, 0.4) is 0 Å². The van der Waals surface area contributed by atoms with E-state index in [1.807, 2.05) is 11.8 Å². The van der Waals surface area contributed by atoms with Gasteiger partial charge in [0.2, 0.25) is 11.8 Å². The highest BCUT2D eigenvalue weighted by Crippen LogP contribution is 2.20. The molecule has 0 bridgehead atoms. The van der Waals surface area contributed by atoms with E-state index in [9.17, 15) is 9.18 Å². The summed E-state index contributed by atoms with van der Waals surface area (Å²) < 4.78 is 18.4. The Hall–Kier alpha value is -2.70. The van der Waals surface area contributed by atoms with Crippen LogP contribution in [-0.4, -0.2) is 53.6 Å². The normalized spacial score (nSPS) is 17.7. The number of aromatic nitrogens is 2. The van der Waals surface area contributed by atoms with Crippen LogP contribution in [0.15, 0.2) is 36.5 Å². The van der Waals surface area contributed by atoms with Crippen LogP contribution in [0.25, 0.3) is 0 Å². The predicted molar refractivity (Wildman–Crippen MR) is 87.7 cm³/mol. The van der Waals surface area contributed by atoms with Crippen molar-refractivity contribution < 1.29 is 13.9 Å². The number of pyridine rings is 2. The molecule has 3 rings (SSSR count). The molecule has 1 aliphatic heterocycles. The van der Waals surface area contributed by atoms with Crippen molar-refractivity contribution >= 4 is 11.7 Å². The number of piperazine rings is 1. The van der Waals surface area contributed by atoms with Crippen molar-refractivity contribution in [2.45, 2.75) is 13.0 Å². The van der Waals surface area contributed by atoms with E-state index in [-0.39, 0.29) is 11.9 Å². The van der Waals surface area contributed by atoms with Crippen molar-refractivity contribution in [1.29, 1.82) is 0 Å². The number of hydrogen-bond acceptors (Lipinski definition) is 5. The number of ether oxygens (including phenoxy) is 1. The molecule has 6 nitrogen and oxygen atoms in total. The van der Waals surface area contributed by atoms with Gasteiger partial charge in [0, 0.05) is 43.5 Å². The number of nitrogens with zero attached hydrogens (tertiary/aromatic N) is 4. The molecule has 126 valence electrons. The fourth-order valence-electron chi connectivity index (χ4n) is 2.88. The number of rotatable bonds is 3. The van der Waals surface area contributed by atoms with E-state index >= 15 is 0 Å². The van der Waals surface area contributed by atoms with E-state index in [0.29, 0.717) is 36.9 Å². The van der Waals surface area contributed by atoms with Gasteiger partial charge in [-0.3, -0.25) is 4.79 Å². The van der Waals surface area contributed by atoms with Gasteiger partial charge in [-0.25, -0.2) is 9.97 Å². The van der Waals surface area contributed by atoms with Gasteiger partial charge in [0.05, 0.1) is 7.11 Å². The van der Waals surface area contributed by atoms with Crippen molar-refractivity contribution in [1.82, 2.24) is 14.9 Å². The average Bonchev–Trinajstić information content (AvgIpc) is 2.61. The standard InChI is InChI=1S/C17H19FN4O2/c1-12-11-21(17(23)13-6-7-19-16(10-13)24-2)8-9-22(12)15-5-3-4-14(18)20-15/h3-7,10,12H,8-9,11H2,1-2H3. The Balaban J connectivity index is 1.71. The highest BCUT2D eigenvalue weighted by atomic mass is 19.1. The topological polar surface area (TPSA) is 58.6 Å². The van der Waals surface area contributed by atoms with Crippen LogP contribution in [0, 0.1) is 5.95 Å². The molecule has 1 unspecified atom stereocenters. The number of amides is 1. The van der Waals surface area contributed by atoms with Crippen LogP contribution in [0.4, 0.5) is 10.2 Å². The monoisotopic (exact) mass is 330 g/mol. The molecule has 7 heteroatoms. The van der Waals surface area contributed by atoms with Gasteiger partial charge >= 0.3 is 0 Å². The minimum atomic E-state index is -0.498. The fraction of sp³-hybridized carbons (Fsp3) is 0.353. The third kappa shape index (κ3) is 3.29. The minimum Gasteiger partial charge on any atom is -0.481 e. The fourth-order valence-corrected chi connectivity index (χ4v) is 2.88. The van der Waals surface area contributed by atoms with Gasteiger partial charge in [-0.15, -0.1) is 0 Å². The Labute approximate surface area is 139 Å². The van der Waals surface area contributed by atoms with Gasteiger partial charge in [0.1, 0.15) is 5.82 Å². The number of anilines is 1. The van der Waals surface area contributed by atoms with E-state index in [2.05, 4.69) is 9.97 Å². The summed E-state index contributed by atoms with van der Waals surface area (Å²) in [6.07, 6.45) is 1.56. The molecule has 1 saturated heterocycles. The van der Waals surface area contributed by atoms with Crippen LogP contribution in [0.2, 0.25) is 0 Å². The van der Waals surface area contributed by atoms with Crippen molar-refractivity contribution in [3.8, 4) is 5.88 Å². The van der Waals surface area contributed by atoms with Crippen molar-refractivity contribution in [2.24, 2.45) is 0 Å². The minimum absolute atomic E-state index is 0.0423. The van der Waals surface area contributed by atoms with E-state index in [0.717, 1.165) is 0 Å². The first-order valence-electron chi connectivity index (χ1n) is 7.77. The quantitative estimate of drug-likeness (QED) is 0.806. The number of hydrogen-bond donors (Lipinski definition) is 0. The molecule has 1 atom stereocenters. The molecule has 24 heavy (non-hydrogen) atoms. The first kappa shape index (κ1) is 16.2. The Morgan fingerprint density at radius 1 is 1.33 bits per heavy atom. The van der Waals surface area contributed by atoms with Gasteiger partial charge in [-0.1, -0.05) is 6.07 Å². The lowest BCUT2D eigenvalue weighted by Gasteiger charge is -2.40. The molecule has 1 fully saturated rings. The summed E-state index contributed by atoms with van der Waals surface area (Å²) >= 11 is 0. The molecule has 0 N–H and O–H groups in total. The van der Waals surface area contributed by atoms with Crippen molar-refractivity contribution in [2.75, 3.05) is 31.6 Å². The molecule has 1 aliphatic rings. The van der Waals surface area contributed by atoms with Crippen LogP contribution in [0.1, 0.15) is 17.3 Å². The highest BCUT2D eigenvalue weighted by Gasteiger charge is 2.28. The predicted octanol–water partition coefficient (Wildman–Crippen LogP) is 1.98. The number of carbonyl (C=O) groups is 1. The number of halogens is 1. The lowest BCUT2D eigenvalue weighted by molar-refractivity contribution is 0.0725. The van der Waals surface area contributed by atoms with Gasteiger partial charge in [0.15, 0.2) is 0 Å². The summed E-state index contributed by atoms with van der Waals surface area (Å²) in [6.45, 7) is 3.69. The van der Waals surface area contributed by atoms with Gasteiger partial charge in [0.25, 0.3) is 5.91 Å². The second-order valence-electron chi connectivity index (χ2n) is 5.70. The maximum Gasteiger partial charge on any atom is 0.254 e. The molecule has 0 aliphatic carbocycles. The van der Waals surface area contributed by atoms with Crippen molar-refractivity contribution in [3.05, 3.63) is 48.0 Å². The largest absolute Gasteiger partial charge is 0.481 e. The molecule has 0 saturated carbocycles. The maximum atomic E-state index is 13.3. The zero-order chi connectivity index (χ0) is 17.1. The van der Waals surface area contributed by atoms with E-state index < -0.39 is 5.95 Å². The van der Waals surface area contributed by atoms with Crippen molar-refractivity contribution in [3.63, 3.8) is 0 Å². The first-order valence-corrected chi connectivity index (χ1v) is 7.77. The number of carbonyl (C=O) groups excluding carboxylic acids is 1. The Morgan fingerprint density at radius 2 is 2.17 bits per heavy atom. The Morgan fingerprint density at radius 3 is 2.88 bits per heavy atom. The molecule has 1 amide bonds. The van der Waals surface area contributed by atoms with E-state index in [1.165, 1.54) is 13.2 Å². The Bertz CT molecular complexity index is 740. The van der Waals surface area contributed by atoms with Crippen LogP contribution in [-0.2, 0) is 0 Å². The lowest BCUT2D eigenvalue weighted by Crippen LogP contribution is -2.54. The smallest absolute Gasteiger partial charge is 0.254 e. The average molecular weight is 330 g/mol. The van der Waals surface area contributed by atoms with E-state index in [1.54, 1.807) is 35.4 Å². The second kappa shape index (κ2) is 6.82. The third-order valence-corrected chi connectivity index (χ3v) is 4.10. The molecule has 2 aromatic rings. The third-order valence-electron chi connectivity index (χ3n) is 4.10. The van der Waals surface area contributed by atoms with Crippen LogP contribution >= 0.6 is 0 Å². The molecule has 0 spiro atoms. The molecule has 0 radical (unpaired) electrons. The SMILES string of the molecule is COc1cc(C(=O)N2CCN(c3cccc(F)n3)C(C)C2)ccn1. The van der Waals surface area contributed by atoms with Crippen LogP contribution in [0.5, 0.6) is 5.88 Å². The summed E-state index contributed by atoms with van der Waals surface area (Å²) in [7, 11) is 1.52. The molecule has 3 heterocycles. The summed E-state index contributed by atoms with van der Waals surface area (Å²) in [4.78, 5) is 24.4.